The molecule has 0 atom stereocenters. The van der Waals surface area contributed by atoms with E-state index in [1.807, 2.05) is 0 Å². The Morgan fingerprint density at radius 1 is 0.737 bits per heavy atom. The summed E-state index contributed by atoms with van der Waals surface area (Å²) < 4.78 is 6.06. The molecule has 0 saturated heterocycles. The molecule has 0 aliphatic carbocycles. The van der Waals surface area contributed by atoms with Gasteiger partial charge in [-0.3, -0.25) is 0 Å². The summed E-state index contributed by atoms with van der Waals surface area (Å²) in [5, 5.41) is 0. The van der Waals surface area contributed by atoms with Gasteiger partial charge < -0.3 is 4.74 Å². The van der Waals surface area contributed by atoms with Gasteiger partial charge in [0, 0.05) is 16.6 Å². The van der Waals surface area contributed by atoms with Gasteiger partial charge in [-0.15, -0.1) is 0 Å². The standard InChI is InChI=1S/C17H35IO/c1-4-5-6-7-8-9-10-11-12-13-15-19-16-14-17(2,3)18/h4-16H2,1-3H3. The molecule has 0 saturated carbocycles. The lowest BCUT2D eigenvalue weighted by molar-refractivity contribution is 0.124. The van der Waals surface area contributed by atoms with Gasteiger partial charge in [0.25, 0.3) is 0 Å². The van der Waals surface area contributed by atoms with E-state index in [1.54, 1.807) is 0 Å². The maximum atomic E-state index is 5.68. The summed E-state index contributed by atoms with van der Waals surface area (Å²) in [7, 11) is 0. The van der Waals surface area contributed by atoms with Gasteiger partial charge in [0.15, 0.2) is 0 Å². The Morgan fingerprint density at radius 3 is 1.68 bits per heavy atom. The lowest BCUT2D eigenvalue weighted by Gasteiger charge is -2.15. The lowest BCUT2D eigenvalue weighted by atomic mass is 10.1. The monoisotopic (exact) mass is 382 g/mol. The van der Waals surface area contributed by atoms with Crippen LogP contribution in [-0.2, 0) is 4.74 Å². The number of rotatable bonds is 14. The van der Waals surface area contributed by atoms with E-state index in [4.69, 9.17) is 4.74 Å². The van der Waals surface area contributed by atoms with E-state index in [9.17, 15) is 0 Å². The highest BCUT2D eigenvalue weighted by molar-refractivity contribution is 14.1. The quantitative estimate of drug-likeness (QED) is 0.189. The summed E-state index contributed by atoms with van der Waals surface area (Å²) >= 11 is 2.49. The molecule has 0 N–H and O–H groups in total. The topological polar surface area (TPSA) is 9.23 Å². The van der Waals surface area contributed by atoms with Crippen LogP contribution in [0.25, 0.3) is 0 Å². The minimum atomic E-state index is 0.384. The number of unbranched alkanes of at least 4 members (excludes halogenated alkanes) is 9. The van der Waals surface area contributed by atoms with Gasteiger partial charge >= 0.3 is 0 Å². The van der Waals surface area contributed by atoms with Crippen LogP contribution < -0.4 is 0 Å². The first-order valence-electron chi connectivity index (χ1n) is 8.33. The largest absolute Gasteiger partial charge is 0.381 e. The summed E-state index contributed by atoms with van der Waals surface area (Å²) in [5.74, 6) is 0. The van der Waals surface area contributed by atoms with Crippen molar-refractivity contribution in [2.45, 2.75) is 94.8 Å². The smallest absolute Gasteiger partial charge is 0.0478 e. The highest BCUT2D eigenvalue weighted by atomic mass is 127. The first-order valence-corrected chi connectivity index (χ1v) is 9.41. The molecule has 0 bridgehead atoms. The molecule has 0 aromatic heterocycles. The van der Waals surface area contributed by atoms with Crippen molar-refractivity contribution in [1.29, 1.82) is 0 Å². The van der Waals surface area contributed by atoms with E-state index in [2.05, 4.69) is 43.4 Å². The number of hydrogen-bond acceptors (Lipinski definition) is 1. The molecular formula is C17H35IO. The van der Waals surface area contributed by atoms with E-state index in [0.717, 1.165) is 19.6 Å². The zero-order chi connectivity index (χ0) is 14.4. The van der Waals surface area contributed by atoms with E-state index in [0.29, 0.717) is 3.42 Å². The maximum Gasteiger partial charge on any atom is 0.0478 e. The van der Waals surface area contributed by atoms with Crippen LogP contribution in [0.1, 0.15) is 91.4 Å². The first-order chi connectivity index (χ1) is 9.06. The lowest BCUT2D eigenvalue weighted by Crippen LogP contribution is -2.13. The SMILES string of the molecule is CCCCCCCCCCCCOCCC(C)(C)I. The van der Waals surface area contributed by atoms with E-state index in [-0.39, 0.29) is 0 Å². The summed E-state index contributed by atoms with van der Waals surface area (Å²) in [6.45, 7) is 8.69. The molecule has 19 heavy (non-hydrogen) atoms. The van der Waals surface area contributed by atoms with Gasteiger partial charge in [-0.05, 0) is 12.8 Å². The fourth-order valence-corrected chi connectivity index (χ4v) is 2.33. The Labute approximate surface area is 135 Å². The van der Waals surface area contributed by atoms with Crippen LogP contribution in [0.2, 0.25) is 0 Å². The Hall–Kier alpha value is 0.690. The minimum Gasteiger partial charge on any atom is -0.381 e. The predicted molar refractivity (Wildman–Crippen MR) is 95.4 cm³/mol. The van der Waals surface area contributed by atoms with Crippen molar-refractivity contribution in [3.8, 4) is 0 Å². The zero-order valence-electron chi connectivity index (χ0n) is 13.5. The normalized spacial score (nSPS) is 12.0. The Kier molecular flexibility index (Phi) is 14.2. The summed E-state index contributed by atoms with van der Waals surface area (Å²) in [6, 6.07) is 0. The minimum absolute atomic E-state index is 0.384. The number of hydrogen-bond donors (Lipinski definition) is 0. The van der Waals surface area contributed by atoms with E-state index in [1.165, 1.54) is 64.2 Å². The highest BCUT2D eigenvalue weighted by Crippen LogP contribution is 2.20. The average Bonchev–Trinajstić information content (AvgIpc) is 2.34. The molecule has 0 unspecified atom stereocenters. The van der Waals surface area contributed by atoms with Crippen LogP contribution in [0.3, 0.4) is 0 Å². The second-order valence-corrected chi connectivity index (χ2v) is 9.18. The number of alkyl halides is 1. The van der Waals surface area contributed by atoms with Crippen molar-refractivity contribution >= 4 is 22.6 Å². The fraction of sp³-hybridized carbons (Fsp3) is 1.00. The van der Waals surface area contributed by atoms with Crippen LogP contribution in [0, 0.1) is 0 Å². The van der Waals surface area contributed by atoms with Crippen LogP contribution >= 0.6 is 22.6 Å². The van der Waals surface area contributed by atoms with Crippen molar-refractivity contribution in [3.63, 3.8) is 0 Å². The molecule has 0 spiro atoms. The van der Waals surface area contributed by atoms with Gasteiger partial charge in [0.05, 0.1) is 0 Å². The molecule has 0 radical (unpaired) electrons. The molecule has 1 nitrogen and oxygen atoms in total. The maximum absolute atomic E-state index is 5.68. The summed E-state index contributed by atoms with van der Waals surface area (Å²) in [4.78, 5) is 0. The van der Waals surface area contributed by atoms with Gasteiger partial charge in [-0.2, -0.15) is 0 Å². The number of ether oxygens (including phenoxy) is 1. The molecule has 0 rings (SSSR count). The first kappa shape index (κ1) is 19.7. The van der Waals surface area contributed by atoms with Crippen LogP contribution in [0.5, 0.6) is 0 Å². The Morgan fingerprint density at radius 2 is 1.21 bits per heavy atom. The van der Waals surface area contributed by atoms with Crippen LogP contribution in [-0.4, -0.2) is 16.6 Å². The molecule has 2 heteroatoms. The Bertz CT molecular complexity index is 175. The van der Waals surface area contributed by atoms with Crippen molar-refractivity contribution in [2.75, 3.05) is 13.2 Å². The second kappa shape index (κ2) is 13.7. The third kappa shape index (κ3) is 18.7. The second-order valence-electron chi connectivity index (χ2n) is 6.26. The molecule has 0 amide bonds. The van der Waals surface area contributed by atoms with Crippen molar-refractivity contribution in [3.05, 3.63) is 0 Å². The van der Waals surface area contributed by atoms with Crippen molar-refractivity contribution in [1.82, 2.24) is 0 Å². The Balaban J connectivity index is 2.99. The van der Waals surface area contributed by atoms with Crippen LogP contribution in [0.4, 0.5) is 0 Å². The zero-order valence-corrected chi connectivity index (χ0v) is 15.6. The van der Waals surface area contributed by atoms with Crippen LogP contribution in [0.15, 0.2) is 0 Å². The van der Waals surface area contributed by atoms with Gasteiger partial charge in [0.2, 0.25) is 0 Å². The molecule has 0 aliphatic rings. The average molecular weight is 382 g/mol. The molecular weight excluding hydrogens is 347 g/mol. The molecule has 0 heterocycles. The van der Waals surface area contributed by atoms with E-state index < -0.39 is 0 Å². The van der Waals surface area contributed by atoms with E-state index >= 15 is 0 Å². The fourth-order valence-electron chi connectivity index (χ4n) is 2.11. The van der Waals surface area contributed by atoms with Gasteiger partial charge in [-0.25, -0.2) is 0 Å². The molecule has 0 aliphatic heterocycles. The van der Waals surface area contributed by atoms with Gasteiger partial charge in [-0.1, -0.05) is 101 Å². The molecule has 0 aromatic carbocycles. The number of halogens is 1. The molecule has 0 fully saturated rings. The molecule has 116 valence electrons. The predicted octanol–water partition coefficient (Wildman–Crippen LogP) is 6.53. The summed E-state index contributed by atoms with van der Waals surface area (Å²) in [5.41, 5.74) is 0. The van der Waals surface area contributed by atoms with Gasteiger partial charge in [0.1, 0.15) is 0 Å². The summed E-state index contributed by atoms with van der Waals surface area (Å²) in [6.07, 6.45) is 15.1. The van der Waals surface area contributed by atoms with Crippen molar-refractivity contribution in [2.24, 2.45) is 0 Å². The highest BCUT2D eigenvalue weighted by Gasteiger charge is 2.11. The third-order valence-corrected chi connectivity index (χ3v) is 4.02. The third-order valence-electron chi connectivity index (χ3n) is 3.48. The van der Waals surface area contributed by atoms with Crippen molar-refractivity contribution < 1.29 is 4.74 Å². The molecule has 0 aromatic rings.